The molecule has 2 atom stereocenters. The van der Waals surface area contributed by atoms with Gasteiger partial charge in [0.05, 0.1) is 41.3 Å². The van der Waals surface area contributed by atoms with E-state index in [4.69, 9.17) is 39.8 Å². The molecule has 1 aliphatic rings. The molecule has 0 unspecified atom stereocenters. The lowest BCUT2D eigenvalue weighted by atomic mass is 9.96. The van der Waals surface area contributed by atoms with Gasteiger partial charge in [-0.15, -0.1) is 0 Å². The summed E-state index contributed by atoms with van der Waals surface area (Å²) in [6, 6.07) is 17.4. The maximum atomic E-state index is 6.58. The molecule has 4 heterocycles. The van der Waals surface area contributed by atoms with Gasteiger partial charge in [-0.25, -0.2) is 0 Å². The number of hydrogen-bond donors (Lipinski definition) is 1. The molecule has 168 valence electrons. The van der Waals surface area contributed by atoms with Crippen molar-refractivity contribution in [3.05, 3.63) is 106 Å². The number of nitrogens with one attached hydrogen (secondary N) is 1. The molecule has 1 fully saturated rings. The van der Waals surface area contributed by atoms with E-state index < -0.39 is 0 Å². The third-order valence-electron chi connectivity index (χ3n) is 6.04. The van der Waals surface area contributed by atoms with Gasteiger partial charge in [-0.2, -0.15) is 0 Å². The van der Waals surface area contributed by atoms with Crippen LogP contribution in [0.25, 0.3) is 5.69 Å². The lowest BCUT2D eigenvalue weighted by Crippen LogP contribution is -2.29. The van der Waals surface area contributed by atoms with Gasteiger partial charge in [-0.3, -0.25) is 4.98 Å². The van der Waals surface area contributed by atoms with Crippen LogP contribution < -0.4 is 5.32 Å². The minimum atomic E-state index is -0.108. The Bertz CT molecular complexity index is 1300. The zero-order valence-electron chi connectivity index (χ0n) is 18.1. The van der Waals surface area contributed by atoms with Gasteiger partial charge in [-0.05, 0) is 80.2 Å². The normalized spacial score (nSPS) is 18.1. The Kier molecular flexibility index (Phi) is 5.91. The zero-order valence-corrected chi connectivity index (χ0v) is 20.5. The number of furan rings is 1. The number of thiocarbonyl (C=S) groups is 1. The van der Waals surface area contributed by atoms with Crippen LogP contribution in [0.1, 0.15) is 40.5 Å². The van der Waals surface area contributed by atoms with E-state index in [9.17, 15) is 0 Å². The summed E-state index contributed by atoms with van der Waals surface area (Å²) < 4.78 is 7.81. The van der Waals surface area contributed by atoms with Crippen LogP contribution >= 0.6 is 35.4 Å². The third kappa shape index (κ3) is 4.03. The summed E-state index contributed by atoms with van der Waals surface area (Å²) in [5.41, 5.74) is 5.12. The van der Waals surface area contributed by atoms with E-state index in [1.807, 2.05) is 48.7 Å². The molecule has 5 rings (SSSR count). The van der Waals surface area contributed by atoms with Crippen LogP contribution in [0.4, 0.5) is 0 Å². The number of rotatable bonds is 5. The van der Waals surface area contributed by atoms with E-state index in [-0.39, 0.29) is 12.1 Å². The molecule has 0 amide bonds. The molecule has 8 heteroatoms. The molecule has 1 saturated heterocycles. The molecule has 0 spiro atoms. The smallest absolute Gasteiger partial charge is 0.170 e. The lowest BCUT2D eigenvalue weighted by Gasteiger charge is -2.27. The van der Waals surface area contributed by atoms with Crippen molar-refractivity contribution in [3.63, 3.8) is 0 Å². The number of nitrogens with zero attached hydrogens (tertiary/aromatic N) is 3. The Labute approximate surface area is 207 Å². The molecule has 4 aromatic rings. The van der Waals surface area contributed by atoms with Crippen LogP contribution in [0.5, 0.6) is 0 Å². The fourth-order valence-corrected chi connectivity index (χ4v) is 5.40. The van der Waals surface area contributed by atoms with E-state index in [0.29, 0.717) is 21.7 Å². The minimum absolute atomic E-state index is 0.0801. The van der Waals surface area contributed by atoms with E-state index in [2.05, 4.69) is 39.7 Å². The first kappa shape index (κ1) is 22.0. The van der Waals surface area contributed by atoms with Gasteiger partial charge in [0, 0.05) is 22.6 Å². The first-order chi connectivity index (χ1) is 15.9. The van der Waals surface area contributed by atoms with Crippen LogP contribution in [-0.4, -0.2) is 19.6 Å². The van der Waals surface area contributed by atoms with Crippen LogP contribution in [0.15, 0.2) is 71.5 Å². The summed E-state index contributed by atoms with van der Waals surface area (Å²) in [6.07, 6.45) is 3.49. The molecule has 0 aliphatic carbocycles. The van der Waals surface area contributed by atoms with Crippen LogP contribution in [0, 0.1) is 13.8 Å². The quantitative estimate of drug-likeness (QED) is 0.317. The number of pyridine rings is 1. The van der Waals surface area contributed by atoms with Crippen LogP contribution in [-0.2, 0) is 6.54 Å². The SMILES string of the molecule is Cc1cc([C@H]2[C@@H](c3ccccn3)NC(=S)N2Cc2ccco2)c(C)n1-c1ccc(Cl)cc1Cl. The molecule has 1 aliphatic heterocycles. The van der Waals surface area contributed by atoms with E-state index in [1.54, 1.807) is 12.3 Å². The van der Waals surface area contributed by atoms with E-state index in [1.165, 1.54) is 0 Å². The van der Waals surface area contributed by atoms with Crippen molar-refractivity contribution in [2.75, 3.05) is 0 Å². The summed E-state index contributed by atoms with van der Waals surface area (Å²) in [6.45, 7) is 4.74. The second-order valence-corrected chi connectivity index (χ2v) is 9.32. The molecule has 0 saturated carbocycles. The predicted molar refractivity (Wildman–Crippen MR) is 135 cm³/mol. The summed E-state index contributed by atoms with van der Waals surface area (Å²) in [7, 11) is 0. The molecule has 0 bridgehead atoms. The second-order valence-electron chi connectivity index (χ2n) is 8.09. The van der Waals surface area contributed by atoms with Crippen molar-refractivity contribution < 1.29 is 4.42 Å². The number of benzene rings is 1. The average molecular weight is 497 g/mol. The average Bonchev–Trinajstić information content (AvgIpc) is 3.49. The van der Waals surface area contributed by atoms with Gasteiger partial charge < -0.3 is 19.2 Å². The third-order valence-corrected chi connectivity index (χ3v) is 6.93. The molecule has 3 aromatic heterocycles. The van der Waals surface area contributed by atoms with Crippen molar-refractivity contribution in [1.29, 1.82) is 0 Å². The molecule has 1 aromatic carbocycles. The topological polar surface area (TPSA) is 46.2 Å². The number of hydrogen-bond acceptors (Lipinski definition) is 3. The second kappa shape index (κ2) is 8.86. The van der Waals surface area contributed by atoms with Crippen molar-refractivity contribution in [1.82, 2.24) is 19.8 Å². The monoisotopic (exact) mass is 496 g/mol. The summed E-state index contributed by atoms with van der Waals surface area (Å²) >= 11 is 18.5. The van der Waals surface area contributed by atoms with Crippen LogP contribution in [0.3, 0.4) is 0 Å². The van der Waals surface area contributed by atoms with E-state index in [0.717, 1.165) is 34.1 Å². The Balaban J connectivity index is 1.64. The molecule has 5 nitrogen and oxygen atoms in total. The molecular weight excluding hydrogens is 475 g/mol. The highest BCUT2D eigenvalue weighted by molar-refractivity contribution is 7.80. The van der Waals surface area contributed by atoms with E-state index >= 15 is 0 Å². The molecule has 1 N–H and O–H groups in total. The Morgan fingerprint density at radius 2 is 1.94 bits per heavy atom. The van der Waals surface area contributed by atoms with Crippen LogP contribution in [0.2, 0.25) is 10.0 Å². The Hall–Kier alpha value is -2.80. The van der Waals surface area contributed by atoms with Crippen molar-refractivity contribution in [2.24, 2.45) is 0 Å². The molecule has 0 radical (unpaired) electrons. The van der Waals surface area contributed by atoms with Crippen molar-refractivity contribution >= 4 is 40.5 Å². The maximum Gasteiger partial charge on any atom is 0.170 e. The first-order valence-corrected chi connectivity index (χ1v) is 11.7. The number of aryl methyl sites for hydroxylation is 1. The molecule has 33 heavy (non-hydrogen) atoms. The standard InChI is InChI=1S/C25H22Cl2N4OS/c1-15-12-19(16(2)31(15)22-9-8-17(26)13-20(22)27)24-23(21-7-3-4-10-28-21)29-25(33)30(24)14-18-6-5-11-32-18/h3-13,23-24H,14H2,1-2H3,(H,29,33)/t23-,24+/m1/s1. The van der Waals surface area contributed by atoms with Crippen molar-refractivity contribution in [2.45, 2.75) is 32.5 Å². The first-order valence-electron chi connectivity index (χ1n) is 10.6. The number of aromatic nitrogens is 2. The fraction of sp³-hybridized carbons (Fsp3) is 0.200. The lowest BCUT2D eigenvalue weighted by molar-refractivity contribution is 0.286. The highest BCUT2D eigenvalue weighted by Gasteiger charge is 2.41. The highest BCUT2D eigenvalue weighted by Crippen LogP contribution is 2.42. The molecular formula is C25H22Cl2N4OS. The minimum Gasteiger partial charge on any atom is -0.467 e. The Morgan fingerprint density at radius 1 is 1.09 bits per heavy atom. The maximum absolute atomic E-state index is 6.58. The largest absolute Gasteiger partial charge is 0.467 e. The Morgan fingerprint density at radius 3 is 2.64 bits per heavy atom. The van der Waals surface area contributed by atoms with Gasteiger partial charge in [-0.1, -0.05) is 29.3 Å². The summed E-state index contributed by atoms with van der Waals surface area (Å²) in [4.78, 5) is 6.80. The predicted octanol–water partition coefficient (Wildman–Crippen LogP) is 6.56. The highest BCUT2D eigenvalue weighted by atomic mass is 35.5. The summed E-state index contributed by atoms with van der Waals surface area (Å²) in [5.74, 6) is 0.848. The van der Waals surface area contributed by atoms with Gasteiger partial charge in [0.25, 0.3) is 0 Å². The summed E-state index contributed by atoms with van der Waals surface area (Å²) in [5, 5.41) is 5.37. The van der Waals surface area contributed by atoms with Gasteiger partial charge in [0.15, 0.2) is 5.11 Å². The van der Waals surface area contributed by atoms with Gasteiger partial charge >= 0.3 is 0 Å². The van der Waals surface area contributed by atoms with Crippen molar-refractivity contribution in [3.8, 4) is 5.69 Å². The van der Waals surface area contributed by atoms with Gasteiger partial charge in [0.1, 0.15) is 5.76 Å². The zero-order chi connectivity index (χ0) is 23.1. The number of halogens is 2. The fourth-order valence-electron chi connectivity index (χ4n) is 4.61. The van der Waals surface area contributed by atoms with Gasteiger partial charge in [0.2, 0.25) is 0 Å².